The molecular formula is C28H28N4O3. The summed E-state index contributed by atoms with van der Waals surface area (Å²) in [4.78, 5) is 42.2. The molecule has 0 radical (unpaired) electrons. The summed E-state index contributed by atoms with van der Waals surface area (Å²) in [6.45, 7) is 3.81. The van der Waals surface area contributed by atoms with E-state index >= 15 is 0 Å². The Morgan fingerprint density at radius 3 is 2.34 bits per heavy atom. The van der Waals surface area contributed by atoms with Gasteiger partial charge in [0.2, 0.25) is 11.8 Å². The molecule has 0 saturated carbocycles. The highest BCUT2D eigenvalue weighted by molar-refractivity contribution is 6.11. The van der Waals surface area contributed by atoms with E-state index in [0.29, 0.717) is 29.8 Å². The Morgan fingerprint density at radius 1 is 0.943 bits per heavy atom. The van der Waals surface area contributed by atoms with Gasteiger partial charge in [-0.25, -0.2) is 0 Å². The lowest BCUT2D eigenvalue weighted by atomic mass is 9.98. The second kappa shape index (κ2) is 8.91. The number of anilines is 3. The topological polar surface area (TPSA) is 81.8 Å². The summed E-state index contributed by atoms with van der Waals surface area (Å²) in [6.07, 6.45) is 0.825. The van der Waals surface area contributed by atoms with Crippen molar-refractivity contribution in [2.75, 3.05) is 22.1 Å². The second-order valence-electron chi connectivity index (χ2n) is 9.26. The van der Waals surface area contributed by atoms with Crippen LogP contribution in [0.2, 0.25) is 0 Å². The van der Waals surface area contributed by atoms with E-state index in [9.17, 15) is 14.4 Å². The van der Waals surface area contributed by atoms with Crippen molar-refractivity contribution in [2.24, 2.45) is 0 Å². The number of nitrogens with one attached hydrogen (secondary N) is 2. The van der Waals surface area contributed by atoms with Crippen LogP contribution < -0.4 is 15.5 Å². The molecule has 2 aliphatic rings. The third-order valence-electron chi connectivity index (χ3n) is 6.90. The molecule has 178 valence electrons. The van der Waals surface area contributed by atoms with Gasteiger partial charge >= 0.3 is 0 Å². The van der Waals surface area contributed by atoms with Crippen LogP contribution in [0.1, 0.15) is 48.7 Å². The molecule has 35 heavy (non-hydrogen) atoms. The first kappa shape index (κ1) is 22.7. The van der Waals surface area contributed by atoms with Gasteiger partial charge < -0.3 is 15.5 Å². The molecule has 3 aromatic carbocycles. The molecule has 7 nitrogen and oxygen atoms in total. The third-order valence-corrected chi connectivity index (χ3v) is 6.90. The van der Waals surface area contributed by atoms with E-state index < -0.39 is 5.66 Å². The molecular weight excluding hydrogens is 440 g/mol. The molecule has 3 aromatic rings. The van der Waals surface area contributed by atoms with Crippen molar-refractivity contribution in [3.63, 3.8) is 0 Å². The zero-order valence-electron chi connectivity index (χ0n) is 19.8. The molecule has 2 unspecified atom stereocenters. The average molecular weight is 469 g/mol. The van der Waals surface area contributed by atoms with E-state index in [4.69, 9.17) is 0 Å². The lowest BCUT2D eigenvalue weighted by Gasteiger charge is -2.48. The van der Waals surface area contributed by atoms with Gasteiger partial charge in [0, 0.05) is 23.8 Å². The maximum Gasteiger partial charge on any atom is 0.258 e. The van der Waals surface area contributed by atoms with Crippen molar-refractivity contribution < 1.29 is 14.4 Å². The standard InChI is InChI=1S/C28H28N4O3/c1-19(20-8-4-3-5-9-20)29-21-12-14-22(15-13-21)30-25(33)18-31-27(35)23-10-6-7-11-24(23)32-26(34)16-17-28(31,32)2/h3-15,19,29H,16-18H2,1-2H3,(H,30,33). The molecule has 5 rings (SSSR count). The lowest BCUT2D eigenvalue weighted by Crippen LogP contribution is -2.63. The number of carbonyl (C=O) groups excluding carboxylic acids is 3. The van der Waals surface area contributed by atoms with Gasteiger partial charge in [-0.3, -0.25) is 19.3 Å². The first-order valence-electron chi connectivity index (χ1n) is 11.8. The molecule has 0 aromatic heterocycles. The number of para-hydroxylation sites is 1. The minimum Gasteiger partial charge on any atom is -0.379 e. The van der Waals surface area contributed by atoms with E-state index in [1.54, 1.807) is 23.1 Å². The molecule has 2 aliphatic heterocycles. The molecule has 7 heteroatoms. The maximum absolute atomic E-state index is 13.3. The van der Waals surface area contributed by atoms with Crippen molar-refractivity contribution in [1.82, 2.24) is 4.90 Å². The minimum atomic E-state index is -0.860. The number of fused-ring (bicyclic) bond motifs is 3. The Balaban J connectivity index is 1.28. The van der Waals surface area contributed by atoms with Crippen LogP contribution in [0.5, 0.6) is 0 Å². The summed E-state index contributed by atoms with van der Waals surface area (Å²) in [5.74, 6) is -0.582. The minimum absolute atomic E-state index is 0.0364. The lowest BCUT2D eigenvalue weighted by molar-refractivity contribution is -0.120. The Hall–Kier alpha value is -4.13. The number of nitrogens with zero attached hydrogens (tertiary/aromatic N) is 2. The molecule has 2 atom stereocenters. The van der Waals surface area contributed by atoms with Gasteiger partial charge in [0.15, 0.2) is 0 Å². The van der Waals surface area contributed by atoms with E-state index in [1.165, 1.54) is 10.5 Å². The Kier molecular flexibility index (Phi) is 5.76. The van der Waals surface area contributed by atoms with Gasteiger partial charge in [-0.2, -0.15) is 0 Å². The van der Waals surface area contributed by atoms with Gasteiger partial charge in [0.05, 0.1) is 11.3 Å². The van der Waals surface area contributed by atoms with Crippen molar-refractivity contribution in [3.05, 3.63) is 90.0 Å². The van der Waals surface area contributed by atoms with E-state index in [2.05, 4.69) is 29.7 Å². The average Bonchev–Trinajstić information content (AvgIpc) is 3.18. The fraction of sp³-hybridized carbons (Fsp3) is 0.250. The van der Waals surface area contributed by atoms with Crippen LogP contribution in [0.25, 0.3) is 0 Å². The first-order valence-corrected chi connectivity index (χ1v) is 11.8. The summed E-state index contributed by atoms with van der Waals surface area (Å²) >= 11 is 0. The van der Waals surface area contributed by atoms with Crippen molar-refractivity contribution in [2.45, 2.75) is 38.4 Å². The Morgan fingerprint density at radius 2 is 1.60 bits per heavy atom. The highest BCUT2D eigenvalue weighted by atomic mass is 16.2. The summed E-state index contributed by atoms with van der Waals surface area (Å²) < 4.78 is 0. The van der Waals surface area contributed by atoms with Crippen LogP contribution in [0.15, 0.2) is 78.9 Å². The van der Waals surface area contributed by atoms with Gasteiger partial charge in [-0.1, -0.05) is 42.5 Å². The van der Waals surface area contributed by atoms with E-state index in [1.807, 2.05) is 55.5 Å². The zero-order valence-corrected chi connectivity index (χ0v) is 19.8. The van der Waals surface area contributed by atoms with Crippen LogP contribution in [0.3, 0.4) is 0 Å². The quantitative estimate of drug-likeness (QED) is 0.545. The van der Waals surface area contributed by atoms with E-state index in [0.717, 1.165) is 5.69 Å². The summed E-state index contributed by atoms with van der Waals surface area (Å²) in [5.41, 5.74) is 2.96. The molecule has 3 amide bonds. The molecule has 1 saturated heterocycles. The Bertz CT molecular complexity index is 1270. The maximum atomic E-state index is 13.3. The third kappa shape index (κ3) is 4.14. The summed E-state index contributed by atoms with van der Waals surface area (Å²) in [5, 5.41) is 6.34. The zero-order chi connectivity index (χ0) is 24.6. The largest absolute Gasteiger partial charge is 0.379 e. The highest BCUT2D eigenvalue weighted by Crippen LogP contribution is 2.43. The van der Waals surface area contributed by atoms with Crippen molar-refractivity contribution in [3.8, 4) is 0 Å². The second-order valence-corrected chi connectivity index (χ2v) is 9.26. The van der Waals surface area contributed by atoms with Gasteiger partial charge in [-0.15, -0.1) is 0 Å². The number of hydrogen-bond donors (Lipinski definition) is 2. The number of rotatable bonds is 6. The number of amides is 3. The molecule has 1 fully saturated rings. The molecule has 0 bridgehead atoms. The van der Waals surface area contributed by atoms with Crippen molar-refractivity contribution >= 4 is 34.8 Å². The highest BCUT2D eigenvalue weighted by Gasteiger charge is 2.53. The molecule has 2 N–H and O–H groups in total. The fourth-order valence-electron chi connectivity index (χ4n) is 5.01. The smallest absolute Gasteiger partial charge is 0.258 e. The van der Waals surface area contributed by atoms with Crippen molar-refractivity contribution in [1.29, 1.82) is 0 Å². The van der Waals surface area contributed by atoms with Crippen LogP contribution in [0, 0.1) is 0 Å². The fourth-order valence-corrected chi connectivity index (χ4v) is 5.01. The summed E-state index contributed by atoms with van der Waals surface area (Å²) in [6, 6.07) is 24.9. The number of benzene rings is 3. The van der Waals surface area contributed by atoms with Gasteiger partial charge in [-0.05, 0) is 62.2 Å². The SMILES string of the molecule is CC(Nc1ccc(NC(=O)CN2C(=O)c3ccccc3N3C(=O)CCC23C)cc1)c1ccccc1. The molecule has 2 heterocycles. The number of carbonyl (C=O) groups is 3. The molecule has 0 aliphatic carbocycles. The normalized spacial score (nSPS) is 19.7. The summed E-state index contributed by atoms with van der Waals surface area (Å²) in [7, 11) is 0. The monoisotopic (exact) mass is 468 g/mol. The van der Waals surface area contributed by atoms with Crippen LogP contribution in [-0.4, -0.2) is 34.8 Å². The van der Waals surface area contributed by atoms with E-state index in [-0.39, 0.29) is 30.3 Å². The van der Waals surface area contributed by atoms with Gasteiger partial charge in [0.1, 0.15) is 12.2 Å². The predicted molar refractivity (Wildman–Crippen MR) is 136 cm³/mol. The van der Waals surface area contributed by atoms with Crippen LogP contribution in [-0.2, 0) is 9.59 Å². The predicted octanol–water partition coefficient (Wildman–Crippen LogP) is 4.80. The number of hydrogen-bond acceptors (Lipinski definition) is 4. The van der Waals surface area contributed by atoms with Gasteiger partial charge in [0.25, 0.3) is 5.91 Å². The van der Waals surface area contributed by atoms with Crippen LogP contribution >= 0.6 is 0 Å². The molecule has 0 spiro atoms. The first-order chi connectivity index (χ1) is 16.9. The van der Waals surface area contributed by atoms with Crippen LogP contribution in [0.4, 0.5) is 17.1 Å². The Labute approximate surface area is 204 Å².